The van der Waals surface area contributed by atoms with Crippen LogP contribution in [0.5, 0.6) is 11.5 Å². The summed E-state index contributed by atoms with van der Waals surface area (Å²) in [7, 11) is 0. The maximum absolute atomic E-state index is 7.34. The molecule has 0 fully saturated rings. The maximum atomic E-state index is 7.34. The summed E-state index contributed by atoms with van der Waals surface area (Å²) in [4.78, 5) is 18.7. The van der Waals surface area contributed by atoms with E-state index in [1.807, 2.05) is 78.9 Å². The summed E-state index contributed by atoms with van der Waals surface area (Å²) in [6, 6.07) is 70.6. The Morgan fingerprint density at radius 2 is 0.810 bits per heavy atom. The van der Waals surface area contributed by atoms with Gasteiger partial charge in [-0.1, -0.05) is 182 Å². The Labute approximate surface area is 337 Å². The first-order chi connectivity index (χ1) is 28.7. The third kappa shape index (κ3) is 6.10. The van der Waals surface area contributed by atoms with E-state index in [9.17, 15) is 0 Å². The molecule has 0 atom stereocenters. The van der Waals surface area contributed by atoms with Gasteiger partial charge in [0, 0.05) is 27.8 Å². The molecule has 0 radical (unpaired) electrons. The molecule has 1 aliphatic rings. The first kappa shape index (κ1) is 34.5. The minimum atomic E-state index is -0.583. The van der Waals surface area contributed by atoms with E-state index in [-0.39, 0.29) is 0 Å². The summed E-state index contributed by atoms with van der Waals surface area (Å²) < 4.78 is 6.79. The van der Waals surface area contributed by atoms with Gasteiger partial charge in [-0.25, -0.2) is 19.8 Å². The monoisotopic (exact) mass is 742 g/mol. The normalized spacial score (nSPS) is 12.4. The molecule has 272 valence electrons. The molecule has 0 unspecified atom stereocenters. The highest BCUT2D eigenvalue weighted by Gasteiger charge is 2.45. The van der Waals surface area contributed by atoms with Crippen molar-refractivity contribution in [2.45, 2.75) is 5.41 Å². The highest BCUT2D eigenvalue weighted by Crippen LogP contribution is 2.55. The Balaban J connectivity index is 1.09. The van der Waals surface area contributed by atoms with Gasteiger partial charge in [-0.15, -0.1) is 0 Å². The number of hydrogen-bond acceptors (Lipinski definition) is 4. The quantitative estimate of drug-likeness (QED) is 0.153. The van der Waals surface area contributed by atoms with Crippen LogP contribution in [0.15, 0.2) is 206 Å². The minimum Gasteiger partial charge on any atom is -0.457 e. The third-order valence-corrected chi connectivity index (χ3v) is 10.9. The number of rotatable bonds is 7. The molecule has 10 rings (SSSR count). The highest BCUT2D eigenvalue weighted by molar-refractivity contribution is 5.78. The molecule has 0 bridgehead atoms. The van der Waals surface area contributed by atoms with Crippen LogP contribution in [0.4, 0.5) is 5.69 Å². The van der Waals surface area contributed by atoms with Crippen LogP contribution in [0.25, 0.3) is 61.3 Å². The first-order valence-corrected chi connectivity index (χ1v) is 19.2. The van der Waals surface area contributed by atoms with E-state index in [1.54, 1.807) is 0 Å². The molecule has 0 aliphatic carbocycles. The molecule has 0 spiro atoms. The molecule has 5 heteroatoms. The average Bonchev–Trinajstić information content (AvgIpc) is 3.31. The summed E-state index contributed by atoms with van der Waals surface area (Å²) >= 11 is 0. The number of para-hydroxylation sites is 1. The lowest BCUT2D eigenvalue weighted by molar-refractivity contribution is 0.435. The molecule has 1 aromatic heterocycles. The van der Waals surface area contributed by atoms with E-state index in [2.05, 4.69) is 132 Å². The molecule has 1 aliphatic heterocycles. The summed E-state index contributed by atoms with van der Waals surface area (Å²) in [5.41, 5.74) is 11.3. The van der Waals surface area contributed by atoms with Gasteiger partial charge in [0.1, 0.15) is 11.5 Å². The smallest absolute Gasteiger partial charge is 0.187 e. The maximum Gasteiger partial charge on any atom is 0.187 e. The molecule has 5 nitrogen and oxygen atoms in total. The molecular formula is C53H34N4O. The van der Waals surface area contributed by atoms with E-state index in [4.69, 9.17) is 26.3 Å². The largest absolute Gasteiger partial charge is 0.457 e. The molecule has 0 N–H and O–H groups in total. The number of aromatic nitrogens is 3. The average molecular weight is 743 g/mol. The van der Waals surface area contributed by atoms with Crippen molar-refractivity contribution in [2.24, 2.45) is 0 Å². The van der Waals surface area contributed by atoms with Crippen molar-refractivity contribution in [1.82, 2.24) is 15.0 Å². The zero-order valence-corrected chi connectivity index (χ0v) is 31.3. The Hall–Kier alpha value is -7.94. The third-order valence-electron chi connectivity index (χ3n) is 10.9. The lowest BCUT2D eigenvalue weighted by Gasteiger charge is -2.41. The first-order valence-electron chi connectivity index (χ1n) is 19.2. The van der Waals surface area contributed by atoms with Gasteiger partial charge in [0.15, 0.2) is 23.2 Å². The van der Waals surface area contributed by atoms with Crippen LogP contribution in [0, 0.1) is 6.57 Å². The van der Waals surface area contributed by atoms with Crippen molar-refractivity contribution in [1.29, 1.82) is 0 Å². The van der Waals surface area contributed by atoms with Crippen molar-refractivity contribution in [3.63, 3.8) is 0 Å². The van der Waals surface area contributed by atoms with Gasteiger partial charge < -0.3 is 4.74 Å². The van der Waals surface area contributed by atoms with Crippen LogP contribution in [0.3, 0.4) is 0 Å². The van der Waals surface area contributed by atoms with Crippen LogP contribution in [0.2, 0.25) is 0 Å². The van der Waals surface area contributed by atoms with Crippen LogP contribution in [-0.4, -0.2) is 15.0 Å². The van der Waals surface area contributed by atoms with Crippen LogP contribution in [-0.2, 0) is 5.41 Å². The lowest BCUT2D eigenvalue weighted by atomic mass is 9.63. The molecule has 9 aromatic rings. The Kier molecular flexibility index (Phi) is 8.70. The zero-order valence-electron chi connectivity index (χ0n) is 31.3. The predicted molar refractivity (Wildman–Crippen MR) is 232 cm³/mol. The van der Waals surface area contributed by atoms with Crippen LogP contribution in [0.1, 0.15) is 22.3 Å². The second kappa shape index (κ2) is 14.6. The minimum absolute atomic E-state index is 0.577. The Morgan fingerprint density at radius 1 is 0.362 bits per heavy atom. The van der Waals surface area contributed by atoms with E-state index in [0.29, 0.717) is 23.2 Å². The second-order valence-corrected chi connectivity index (χ2v) is 14.3. The summed E-state index contributed by atoms with van der Waals surface area (Å²) in [5, 5.41) is 0. The van der Waals surface area contributed by atoms with Crippen molar-refractivity contribution in [3.8, 4) is 67.9 Å². The van der Waals surface area contributed by atoms with Crippen molar-refractivity contribution in [3.05, 3.63) is 240 Å². The molecule has 0 saturated carbocycles. The number of benzene rings is 8. The lowest BCUT2D eigenvalue weighted by Crippen LogP contribution is -2.34. The van der Waals surface area contributed by atoms with Gasteiger partial charge >= 0.3 is 0 Å². The fraction of sp³-hybridized carbons (Fsp3) is 0.0189. The van der Waals surface area contributed by atoms with E-state index < -0.39 is 5.41 Å². The summed E-state index contributed by atoms with van der Waals surface area (Å²) in [5.74, 6) is 3.40. The molecule has 58 heavy (non-hydrogen) atoms. The predicted octanol–water partition coefficient (Wildman–Crippen LogP) is 13.2. The van der Waals surface area contributed by atoms with E-state index >= 15 is 0 Å². The number of fused-ring (bicyclic) bond motifs is 2. The summed E-state index contributed by atoms with van der Waals surface area (Å²) in [6.07, 6.45) is 0. The fourth-order valence-electron chi connectivity index (χ4n) is 8.14. The SMILES string of the molecule is [C-]#[N+]c1ccc(-c2cccc(-c3nc(-c4ccccc4)nc(-c4cccc(-c5ccc6c(c5)Oc5ccccc5C6(c5ccccc5)c5ccccc5)c4)n3)c2)cc1. The molecule has 8 aromatic carbocycles. The number of ether oxygens (including phenoxy) is 1. The molecule has 0 amide bonds. The van der Waals surface area contributed by atoms with Gasteiger partial charge in [0.05, 0.1) is 12.0 Å². The molecule has 0 saturated heterocycles. The van der Waals surface area contributed by atoms with Crippen molar-refractivity contribution >= 4 is 5.69 Å². The van der Waals surface area contributed by atoms with Gasteiger partial charge in [-0.05, 0) is 57.6 Å². The highest BCUT2D eigenvalue weighted by atomic mass is 16.5. The van der Waals surface area contributed by atoms with E-state index in [0.717, 1.165) is 61.6 Å². The zero-order chi connectivity index (χ0) is 38.9. The number of nitrogens with zero attached hydrogens (tertiary/aromatic N) is 4. The van der Waals surface area contributed by atoms with E-state index in [1.165, 1.54) is 11.1 Å². The topological polar surface area (TPSA) is 52.3 Å². The van der Waals surface area contributed by atoms with Gasteiger partial charge in [-0.2, -0.15) is 0 Å². The second-order valence-electron chi connectivity index (χ2n) is 14.3. The van der Waals surface area contributed by atoms with Gasteiger partial charge in [0.2, 0.25) is 0 Å². The van der Waals surface area contributed by atoms with Gasteiger partial charge in [0.25, 0.3) is 0 Å². The molecule has 2 heterocycles. The Morgan fingerprint density at radius 3 is 1.41 bits per heavy atom. The number of hydrogen-bond donors (Lipinski definition) is 0. The summed E-state index contributed by atoms with van der Waals surface area (Å²) in [6.45, 7) is 7.34. The Bertz CT molecular complexity index is 2940. The van der Waals surface area contributed by atoms with Crippen LogP contribution < -0.4 is 4.74 Å². The van der Waals surface area contributed by atoms with Crippen molar-refractivity contribution < 1.29 is 4.74 Å². The standard InChI is InChI=1S/C53H34N4O/c1-54-45-30-27-36(28-31-45)38-17-13-19-41(33-38)51-55-50(37-15-5-2-6-16-37)56-52(57-51)42-20-14-18-39(34-42)40-29-32-47-49(35-40)58-48-26-12-11-25-46(48)53(47,43-21-7-3-8-22-43)44-23-9-4-10-24-44/h2-35H. The van der Waals surface area contributed by atoms with Crippen LogP contribution >= 0.6 is 0 Å². The van der Waals surface area contributed by atoms with Crippen molar-refractivity contribution in [2.75, 3.05) is 0 Å². The van der Waals surface area contributed by atoms with Gasteiger partial charge in [-0.3, -0.25) is 0 Å². The fourth-order valence-corrected chi connectivity index (χ4v) is 8.14. The molecular weight excluding hydrogens is 709 g/mol.